The Morgan fingerprint density at radius 2 is 1.58 bits per heavy atom. The molecule has 0 saturated heterocycles. The van der Waals surface area contributed by atoms with Gasteiger partial charge in [0, 0.05) is 6.54 Å². The number of aliphatic hydroxyl groups is 4. The van der Waals surface area contributed by atoms with E-state index in [1.807, 2.05) is 56.3 Å². The summed E-state index contributed by atoms with van der Waals surface area (Å²) in [5.74, 6) is 0. The van der Waals surface area contributed by atoms with E-state index in [1.165, 1.54) is 0 Å². The molecule has 7 heteroatoms. The van der Waals surface area contributed by atoms with Gasteiger partial charge in [-0.2, -0.15) is 5.11 Å². The number of anilines is 1. The number of rotatable bonds is 8. The zero-order valence-electron chi connectivity index (χ0n) is 14.9. The number of azo groups is 1. The molecule has 0 aromatic heterocycles. The summed E-state index contributed by atoms with van der Waals surface area (Å²) in [6, 6.07) is 13.1. The van der Waals surface area contributed by atoms with Crippen molar-refractivity contribution < 1.29 is 20.4 Å². The Hall–Kier alpha value is -2.32. The maximum atomic E-state index is 9.97. The standard InChI is InChI=1S/C19H25N3O4/c1-12-8-15(20-10-17(24)19(26)18(25)11-23)16(9-13(12)2)22-21-14-6-4-3-5-7-14/h3-9,17-20,23-26H,10-11H2,1-2H3/t17-,18-,19+/m0/s1. The van der Waals surface area contributed by atoms with Crippen LogP contribution in [0.25, 0.3) is 0 Å². The molecule has 0 aliphatic carbocycles. The van der Waals surface area contributed by atoms with E-state index in [9.17, 15) is 15.3 Å². The highest BCUT2D eigenvalue weighted by atomic mass is 16.4. The van der Waals surface area contributed by atoms with Crippen molar-refractivity contribution >= 4 is 17.1 Å². The van der Waals surface area contributed by atoms with Gasteiger partial charge in [-0.3, -0.25) is 0 Å². The average molecular weight is 359 g/mol. The number of nitrogens with one attached hydrogen (secondary N) is 1. The van der Waals surface area contributed by atoms with E-state index >= 15 is 0 Å². The number of nitrogens with zero attached hydrogens (tertiary/aromatic N) is 2. The molecule has 0 fully saturated rings. The summed E-state index contributed by atoms with van der Waals surface area (Å²) in [4.78, 5) is 0. The van der Waals surface area contributed by atoms with Crippen molar-refractivity contribution in [3.05, 3.63) is 53.6 Å². The topological polar surface area (TPSA) is 118 Å². The first-order valence-electron chi connectivity index (χ1n) is 8.39. The number of hydrogen-bond donors (Lipinski definition) is 5. The van der Waals surface area contributed by atoms with Crippen LogP contribution in [0.4, 0.5) is 17.1 Å². The molecule has 2 rings (SSSR count). The Balaban J connectivity index is 2.17. The Morgan fingerprint density at radius 3 is 2.23 bits per heavy atom. The lowest BCUT2D eigenvalue weighted by atomic mass is 10.1. The van der Waals surface area contributed by atoms with E-state index in [0.717, 1.165) is 16.8 Å². The molecule has 0 saturated carbocycles. The SMILES string of the molecule is Cc1cc(N=Nc2ccccc2)c(NC[C@H](O)[C@@H](O)[C@@H](O)CO)cc1C. The van der Waals surface area contributed by atoms with E-state index < -0.39 is 24.9 Å². The Kier molecular flexibility index (Phi) is 7.23. The summed E-state index contributed by atoms with van der Waals surface area (Å²) in [6.07, 6.45) is -4.10. The smallest absolute Gasteiger partial charge is 0.110 e. The fraction of sp³-hybridized carbons (Fsp3) is 0.368. The zero-order chi connectivity index (χ0) is 19.1. The minimum atomic E-state index is -1.45. The number of aryl methyl sites for hydroxylation is 2. The zero-order valence-corrected chi connectivity index (χ0v) is 14.9. The highest BCUT2D eigenvalue weighted by Crippen LogP contribution is 2.30. The van der Waals surface area contributed by atoms with E-state index in [-0.39, 0.29) is 6.54 Å². The second-order valence-corrected chi connectivity index (χ2v) is 6.18. The van der Waals surface area contributed by atoms with Crippen LogP contribution in [0.3, 0.4) is 0 Å². The van der Waals surface area contributed by atoms with Crippen LogP contribution in [-0.2, 0) is 0 Å². The van der Waals surface area contributed by atoms with E-state index in [0.29, 0.717) is 11.4 Å². The molecule has 0 heterocycles. The largest absolute Gasteiger partial charge is 0.394 e. The summed E-state index contributed by atoms with van der Waals surface area (Å²) >= 11 is 0. The van der Waals surface area contributed by atoms with Gasteiger partial charge in [-0.1, -0.05) is 18.2 Å². The molecule has 0 bridgehead atoms. The summed E-state index contributed by atoms with van der Waals surface area (Å²) in [5, 5.41) is 49.5. The first-order chi connectivity index (χ1) is 12.4. The number of hydrogen-bond acceptors (Lipinski definition) is 7. The van der Waals surface area contributed by atoms with Crippen LogP contribution < -0.4 is 5.32 Å². The molecule has 0 aliphatic rings. The van der Waals surface area contributed by atoms with Gasteiger partial charge in [-0.15, -0.1) is 5.11 Å². The lowest BCUT2D eigenvalue weighted by molar-refractivity contribution is -0.0715. The van der Waals surface area contributed by atoms with Gasteiger partial charge in [0.05, 0.1) is 24.1 Å². The van der Waals surface area contributed by atoms with Gasteiger partial charge in [0.1, 0.15) is 17.9 Å². The van der Waals surface area contributed by atoms with Gasteiger partial charge in [0.25, 0.3) is 0 Å². The molecule has 3 atom stereocenters. The molecule has 0 spiro atoms. The van der Waals surface area contributed by atoms with Gasteiger partial charge in [-0.25, -0.2) is 0 Å². The summed E-state index contributed by atoms with van der Waals surface area (Å²) in [6.45, 7) is 3.28. The van der Waals surface area contributed by atoms with Crippen LogP contribution >= 0.6 is 0 Å². The fourth-order valence-electron chi connectivity index (χ4n) is 2.33. The predicted molar refractivity (Wildman–Crippen MR) is 100 cm³/mol. The van der Waals surface area contributed by atoms with Crippen LogP contribution in [-0.4, -0.2) is 51.9 Å². The Bertz CT molecular complexity index is 737. The Labute approximate surface area is 152 Å². The first kappa shape index (κ1) is 20.0. The second-order valence-electron chi connectivity index (χ2n) is 6.18. The van der Waals surface area contributed by atoms with Gasteiger partial charge < -0.3 is 25.7 Å². The molecule has 2 aromatic carbocycles. The third-order valence-electron chi connectivity index (χ3n) is 4.12. The molecule has 140 valence electrons. The minimum absolute atomic E-state index is 0.0193. The third-order valence-corrected chi connectivity index (χ3v) is 4.12. The van der Waals surface area contributed by atoms with E-state index in [1.54, 1.807) is 0 Å². The normalized spacial score (nSPS) is 15.0. The highest BCUT2D eigenvalue weighted by molar-refractivity contribution is 5.68. The average Bonchev–Trinajstić information content (AvgIpc) is 2.66. The first-order valence-corrected chi connectivity index (χ1v) is 8.39. The van der Waals surface area contributed by atoms with Gasteiger partial charge in [0.15, 0.2) is 0 Å². The molecule has 0 amide bonds. The fourth-order valence-corrected chi connectivity index (χ4v) is 2.33. The van der Waals surface area contributed by atoms with Crippen molar-refractivity contribution in [1.82, 2.24) is 0 Å². The maximum Gasteiger partial charge on any atom is 0.110 e. The molecule has 26 heavy (non-hydrogen) atoms. The predicted octanol–water partition coefficient (Wildman–Crippen LogP) is 2.21. The van der Waals surface area contributed by atoms with Crippen molar-refractivity contribution in [3.8, 4) is 0 Å². The van der Waals surface area contributed by atoms with Gasteiger partial charge >= 0.3 is 0 Å². The van der Waals surface area contributed by atoms with Crippen molar-refractivity contribution in [3.63, 3.8) is 0 Å². The van der Waals surface area contributed by atoms with E-state index in [2.05, 4.69) is 15.5 Å². The van der Waals surface area contributed by atoms with Crippen LogP contribution in [0, 0.1) is 13.8 Å². The number of aliphatic hydroxyl groups excluding tert-OH is 4. The van der Waals surface area contributed by atoms with Crippen LogP contribution in [0.2, 0.25) is 0 Å². The van der Waals surface area contributed by atoms with Crippen LogP contribution in [0.5, 0.6) is 0 Å². The summed E-state index contributed by atoms with van der Waals surface area (Å²) in [7, 11) is 0. The molecule has 2 aromatic rings. The van der Waals surface area contributed by atoms with Crippen molar-refractivity contribution in [2.75, 3.05) is 18.5 Å². The molecule has 0 radical (unpaired) electrons. The lowest BCUT2D eigenvalue weighted by Gasteiger charge is -2.22. The van der Waals surface area contributed by atoms with Gasteiger partial charge in [0.2, 0.25) is 0 Å². The molecule has 7 nitrogen and oxygen atoms in total. The molecule has 0 unspecified atom stereocenters. The second kappa shape index (κ2) is 9.40. The van der Waals surface area contributed by atoms with E-state index in [4.69, 9.17) is 5.11 Å². The molecular formula is C19H25N3O4. The minimum Gasteiger partial charge on any atom is -0.394 e. The highest BCUT2D eigenvalue weighted by Gasteiger charge is 2.24. The monoisotopic (exact) mass is 359 g/mol. The van der Waals surface area contributed by atoms with Crippen molar-refractivity contribution in [2.45, 2.75) is 32.2 Å². The number of benzene rings is 2. The Morgan fingerprint density at radius 1 is 0.923 bits per heavy atom. The quantitative estimate of drug-likeness (QED) is 0.463. The third kappa shape index (κ3) is 5.34. The van der Waals surface area contributed by atoms with Crippen LogP contribution in [0.1, 0.15) is 11.1 Å². The molecule has 0 aliphatic heterocycles. The molecular weight excluding hydrogens is 334 g/mol. The van der Waals surface area contributed by atoms with Crippen molar-refractivity contribution in [1.29, 1.82) is 0 Å². The maximum absolute atomic E-state index is 9.97. The molecule has 5 N–H and O–H groups in total. The van der Waals surface area contributed by atoms with Gasteiger partial charge in [-0.05, 0) is 49.2 Å². The summed E-state index contributed by atoms with van der Waals surface area (Å²) in [5.41, 5.74) is 4.06. The summed E-state index contributed by atoms with van der Waals surface area (Å²) < 4.78 is 0. The van der Waals surface area contributed by atoms with Crippen molar-refractivity contribution in [2.24, 2.45) is 10.2 Å². The lowest BCUT2D eigenvalue weighted by Crippen LogP contribution is -2.42. The van der Waals surface area contributed by atoms with Crippen LogP contribution in [0.15, 0.2) is 52.7 Å².